The molecule has 0 saturated heterocycles. The maximum atomic E-state index is 12.7. The van der Waals surface area contributed by atoms with Crippen LogP contribution < -0.4 is 10.1 Å². The van der Waals surface area contributed by atoms with E-state index in [1.54, 1.807) is 18.2 Å². The van der Waals surface area contributed by atoms with Crippen LogP contribution in [0.25, 0.3) is 22.2 Å². The molecule has 0 radical (unpaired) electrons. The van der Waals surface area contributed by atoms with Gasteiger partial charge in [-0.3, -0.25) is 4.79 Å². The van der Waals surface area contributed by atoms with Gasteiger partial charge in [-0.05, 0) is 66.4 Å². The minimum atomic E-state index is -0.199. The summed E-state index contributed by atoms with van der Waals surface area (Å²) in [4.78, 5) is 21.2. The molecular formula is C24H20ClN3O2. The molecule has 1 amide bonds. The zero-order valence-corrected chi connectivity index (χ0v) is 17.6. The molecule has 0 spiro atoms. The van der Waals surface area contributed by atoms with Gasteiger partial charge >= 0.3 is 0 Å². The molecule has 0 aliphatic heterocycles. The highest BCUT2D eigenvalue weighted by Gasteiger charge is 2.10. The number of carbonyl (C=O) groups is 1. The summed E-state index contributed by atoms with van der Waals surface area (Å²) in [7, 11) is 1.48. The molecule has 6 heteroatoms. The summed E-state index contributed by atoms with van der Waals surface area (Å²) in [5.74, 6) is 0.0458. The van der Waals surface area contributed by atoms with Crippen LogP contribution in [0.2, 0.25) is 5.15 Å². The van der Waals surface area contributed by atoms with Crippen molar-refractivity contribution >= 4 is 34.2 Å². The summed E-state index contributed by atoms with van der Waals surface area (Å²) < 4.78 is 5.11. The van der Waals surface area contributed by atoms with Crippen molar-refractivity contribution in [3.63, 3.8) is 0 Å². The fraction of sp³-hybridized carbons (Fsp3) is 0.125. The quantitative estimate of drug-likeness (QED) is 0.453. The zero-order chi connectivity index (χ0) is 21.3. The summed E-state index contributed by atoms with van der Waals surface area (Å²) >= 11 is 6.01. The molecule has 4 rings (SSSR count). The topological polar surface area (TPSA) is 64.1 Å². The fourth-order valence-electron chi connectivity index (χ4n) is 3.16. The molecule has 0 saturated carbocycles. The Kier molecular flexibility index (Phi) is 5.38. The number of hydrogen-bond acceptors (Lipinski definition) is 4. The number of benzene rings is 3. The molecular weight excluding hydrogens is 398 g/mol. The Morgan fingerprint density at radius 3 is 2.30 bits per heavy atom. The lowest BCUT2D eigenvalue weighted by Crippen LogP contribution is -2.11. The van der Waals surface area contributed by atoms with Crippen LogP contribution in [0.1, 0.15) is 21.5 Å². The third kappa shape index (κ3) is 3.98. The maximum Gasteiger partial charge on any atom is 0.255 e. The number of aromatic nitrogens is 2. The van der Waals surface area contributed by atoms with Crippen molar-refractivity contribution in [2.24, 2.45) is 0 Å². The molecule has 0 unspecified atom stereocenters. The first kappa shape index (κ1) is 19.9. The second-order valence-electron chi connectivity index (χ2n) is 7.06. The number of halogens is 1. The fourth-order valence-corrected chi connectivity index (χ4v) is 3.37. The summed E-state index contributed by atoms with van der Waals surface area (Å²) in [5, 5.41) is 3.10. The van der Waals surface area contributed by atoms with Gasteiger partial charge in [-0.1, -0.05) is 41.9 Å². The molecule has 3 aromatic carbocycles. The number of carbonyl (C=O) groups excluding carboxylic acids is 1. The van der Waals surface area contributed by atoms with Crippen LogP contribution in [0.4, 0.5) is 5.69 Å². The van der Waals surface area contributed by atoms with Crippen molar-refractivity contribution in [3.8, 4) is 17.0 Å². The minimum Gasteiger partial charge on any atom is -0.479 e. The smallest absolute Gasteiger partial charge is 0.255 e. The van der Waals surface area contributed by atoms with Crippen molar-refractivity contribution in [1.29, 1.82) is 0 Å². The van der Waals surface area contributed by atoms with Gasteiger partial charge in [0.25, 0.3) is 11.8 Å². The Bertz CT molecular complexity index is 1250. The van der Waals surface area contributed by atoms with E-state index in [-0.39, 0.29) is 16.9 Å². The number of nitrogens with zero attached hydrogens (tertiary/aromatic N) is 2. The van der Waals surface area contributed by atoms with Crippen molar-refractivity contribution in [2.75, 3.05) is 12.4 Å². The van der Waals surface area contributed by atoms with Gasteiger partial charge in [-0.25, -0.2) is 9.97 Å². The first-order valence-electron chi connectivity index (χ1n) is 9.45. The molecule has 0 atom stereocenters. The zero-order valence-electron chi connectivity index (χ0n) is 16.9. The number of aryl methyl sites for hydroxylation is 2. The third-order valence-corrected chi connectivity index (χ3v) is 5.28. The number of nitrogens with one attached hydrogen (secondary N) is 1. The molecule has 0 bridgehead atoms. The number of anilines is 1. The van der Waals surface area contributed by atoms with Crippen LogP contribution in [0, 0.1) is 13.8 Å². The van der Waals surface area contributed by atoms with Gasteiger partial charge in [-0.15, -0.1) is 0 Å². The molecule has 150 valence electrons. The molecule has 0 aliphatic carbocycles. The van der Waals surface area contributed by atoms with E-state index in [0.717, 1.165) is 11.1 Å². The van der Waals surface area contributed by atoms with Gasteiger partial charge in [-0.2, -0.15) is 0 Å². The number of rotatable bonds is 4. The maximum absolute atomic E-state index is 12.7. The highest BCUT2D eigenvalue weighted by atomic mass is 35.5. The summed E-state index contributed by atoms with van der Waals surface area (Å²) in [6.45, 7) is 4.19. The highest BCUT2D eigenvalue weighted by Crippen LogP contribution is 2.26. The van der Waals surface area contributed by atoms with Gasteiger partial charge in [0, 0.05) is 11.3 Å². The van der Waals surface area contributed by atoms with Gasteiger partial charge in [0.15, 0.2) is 5.15 Å². The van der Waals surface area contributed by atoms with Crippen LogP contribution >= 0.6 is 11.6 Å². The van der Waals surface area contributed by atoms with Crippen LogP contribution in [0.3, 0.4) is 0 Å². The number of methoxy groups -OCH3 is 1. The Balaban J connectivity index is 1.54. The highest BCUT2D eigenvalue weighted by molar-refractivity contribution is 6.31. The van der Waals surface area contributed by atoms with E-state index in [1.807, 2.05) is 24.3 Å². The first-order valence-corrected chi connectivity index (χ1v) is 9.83. The summed E-state index contributed by atoms with van der Waals surface area (Å²) in [6.07, 6.45) is 0. The molecule has 1 aromatic heterocycles. The van der Waals surface area contributed by atoms with E-state index in [0.29, 0.717) is 22.3 Å². The largest absolute Gasteiger partial charge is 0.479 e. The monoisotopic (exact) mass is 417 g/mol. The van der Waals surface area contributed by atoms with E-state index >= 15 is 0 Å². The average Bonchev–Trinajstić information content (AvgIpc) is 2.75. The van der Waals surface area contributed by atoms with E-state index < -0.39 is 0 Å². The minimum absolute atomic E-state index is 0.199. The predicted molar refractivity (Wildman–Crippen MR) is 120 cm³/mol. The SMILES string of the molecule is COc1nc2cc(NC(=O)c3ccc(-c4ccc(C)c(C)c4)cc3)ccc2nc1Cl. The second kappa shape index (κ2) is 8.13. The van der Waals surface area contributed by atoms with Crippen LogP contribution in [-0.4, -0.2) is 23.0 Å². The summed E-state index contributed by atoms with van der Waals surface area (Å²) in [6, 6.07) is 19.2. The lowest BCUT2D eigenvalue weighted by atomic mass is 9.99. The number of amides is 1. The predicted octanol–water partition coefficient (Wildman–Crippen LogP) is 5.83. The average molecular weight is 418 g/mol. The Hall–Kier alpha value is -3.44. The standard InChI is InChI=1S/C24H20ClN3O2/c1-14-4-5-18(12-15(14)2)16-6-8-17(9-7-16)23(29)26-19-10-11-20-21(13-19)28-24(30-3)22(25)27-20/h4-13H,1-3H3,(H,26,29). The van der Waals surface area contributed by atoms with Crippen LogP contribution in [0.15, 0.2) is 60.7 Å². The van der Waals surface area contributed by atoms with Crippen molar-refractivity contribution in [1.82, 2.24) is 9.97 Å². The number of ether oxygens (including phenoxy) is 1. The Labute approximate surface area is 179 Å². The summed E-state index contributed by atoms with van der Waals surface area (Å²) in [5.41, 5.74) is 7.09. The van der Waals surface area contributed by atoms with E-state index in [2.05, 4.69) is 47.3 Å². The molecule has 0 aliphatic rings. The Morgan fingerprint density at radius 2 is 1.60 bits per heavy atom. The second-order valence-corrected chi connectivity index (χ2v) is 7.42. The van der Waals surface area contributed by atoms with Crippen molar-refractivity contribution < 1.29 is 9.53 Å². The molecule has 1 heterocycles. The van der Waals surface area contributed by atoms with E-state index in [9.17, 15) is 4.79 Å². The number of hydrogen-bond donors (Lipinski definition) is 1. The van der Waals surface area contributed by atoms with Crippen molar-refractivity contribution in [2.45, 2.75) is 13.8 Å². The molecule has 5 nitrogen and oxygen atoms in total. The van der Waals surface area contributed by atoms with Gasteiger partial charge in [0.1, 0.15) is 0 Å². The molecule has 4 aromatic rings. The Morgan fingerprint density at radius 1 is 0.867 bits per heavy atom. The van der Waals surface area contributed by atoms with Gasteiger partial charge < -0.3 is 10.1 Å². The van der Waals surface area contributed by atoms with Gasteiger partial charge in [0.2, 0.25) is 0 Å². The first-order chi connectivity index (χ1) is 14.4. The number of fused-ring (bicyclic) bond motifs is 1. The van der Waals surface area contributed by atoms with Crippen LogP contribution in [0.5, 0.6) is 5.88 Å². The lowest BCUT2D eigenvalue weighted by Gasteiger charge is -2.09. The van der Waals surface area contributed by atoms with E-state index in [1.165, 1.54) is 18.2 Å². The van der Waals surface area contributed by atoms with Crippen LogP contribution in [-0.2, 0) is 0 Å². The lowest BCUT2D eigenvalue weighted by molar-refractivity contribution is 0.102. The van der Waals surface area contributed by atoms with E-state index in [4.69, 9.17) is 16.3 Å². The molecule has 30 heavy (non-hydrogen) atoms. The third-order valence-electron chi connectivity index (χ3n) is 5.03. The molecule has 1 N–H and O–H groups in total. The normalized spacial score (nSPS) is 10.8. The van der Waals surface area contributed by atoms with Crippen molar-refractivity contribution in [3.05, 3.63) is 82.5 Å². The molecule has 0 fully saturated rings. The van der Waals surface area contributed by atoms with Gasteiger partial charge in [0.05, 0.1) is 18.1 Å².